The molecule has 0 spiro atoms. The largest absolute Gasteiger partial charge is 0.489 e. The number of rotatable bonds is 4. The number of carbonyl (C=O) groups is 2. The van der Waals surface area contributed by atoms with Crippen molar-refractivity contribution in [3.05, 3.63) is 76.6 Å². The Morgan fingerprint density at radius 2 is 2.27 bits per heavy atom. The third kappa shape index (κ3) is 3.14. The fourth-order valence-electron chi connectivity index (χ4n) is 3.81. The molecule has 0 unspecified atom stereocenters. The number of fused-ring (bicyclic) bond motifs is 2. The summed E-state index contributed by atoms with van der Waals surface area (Å²) in [4.78, 5) is 37.3. The lowest BCUT2D eigenvalue weighted by molar-refractivity contribution is -0.140. The number of aromatic amines is 1. The summed E-state index contributed by atoms with van der Waals surface area (Å²) in [6, 6.07) is 3.95. The van der Waals surface area contributed by atoms with Crippen LogP contribution >= 0.6 is 0 Å². The van der Waals surface area contributed by atoms with Gasteiger partial charge in [-0.25, -0.2) is 9.78 Å². The highest BCUT2D eigenvalue weighted by Crippen LogP contribution is 2.27. The van der Waals surface area contributed by atoms with E-state index in [9.17, 15) is 9.59 Å². The highest BCUT2D eigenvalue weighted by molar-refractivity contribution is 6.19. The van der Waals surface area contributed by atoms with Crippen LogP contribution in [-0.4, -0.2) is 33.1 Å². The maximum Gasteiger partial charge on any atom is 0.370 e. The van der Waals surface area contributed by atoms with Crippen molar-refractivity contribution in [1.82, 2.24) is 14.7 Å². The summed E-state index contributed by atoms with van der Waals surface area (Å²) in [5.74, 6) is -0.639. The number of H-pyrrole nitrogens is 1. The third-order valence-corrected chi connectivity index (χ3v) is 5.26. The number of aromatic nitrogens is 3. The molecule has 0 bridgehead atoms. The lowest BCUT2D eigenvalue weighted by Gasteiger charge is -2.07. The van der Waals surface area contributed by atoms with E-state index in [1.807, 2.05) is 31.3 Å². The summed E-state index contributed by atoms with van der Waals surface area (Å²) in [6.07, 6.45) is 14.6. The second-order valence-electron chi connectivity index (χ2n) is 7.21. The lowest BCUT2D eigenvalue weighted by atomic mass is 9.96. The molecule has 1 N–H and O–H groups in total. The minimum absolute atomic E-state index is 0.00763. The van der Waals surface area contributed by atoms with Gasteiger partial charge in [0.2, 0.25) is 5.78 Å². The first-order valence-corrected chi connectivity index (χ1v) is 9.76. The zero-order chi connectivity index (χ0) is 20.7. The fraction of sp³-hybridized carbons (Fsp3) is 0.174. The number of hydrogen-bond acceptors (Lipinski definition) is 5. The average molecular weight is 401 g/mol. The van der Waals surface area contributed by atoms with Crippen molar-refractivity contribution in [2.45, 2.75) is 19.8 Å². The Morgan fingerprint density at radius 3 is 3.13 bits per heavy atom. The summed E-state index contributed by atoms with van der Waals surface area (Å²) >= 11 is 0. The monoisotopic (exact) mass is 401 g/mol. The van der Waals surface area contributed by atoms with E-state index in [2.05, 4.69) is 22.1 Å². The van der Waals surface area contributed by atoms with Gasteiger partial charge in [0, 0.05) is 36.0 Å². The first kappa shape index (κ1) is 18.2. The van der Waals surface area contributed by atoms with Gasteiger partial charge in [0.05, 0.1) is 6.20 Å². The second-order valence-corrected chi connectivity index (χ2v) is 7.21. The quantitative estimate of drug-likeness (QED) is 0.679. The maximum absolute atomic E-state index is 12.5. The number of nitrogens with zero attached hydrogens (tertiary/aromatic N) is 2. The zero-order valence-corrected chi connectivity index (χ0v) is 16.3. The topological polar surface area (TPSA) is 86.2 Å². The van der Waals surface area contributed by atoms with Crippen LogP contribution in [0.25, 0.3) is 23.2 Å². The molecule has 0 atom stereocenters. The average Bonchev–Trinajstić information content (AvgIpc) is 3.44. The minimum atomic E-state index is -0.687. The van der Waals surface area contributed by atoms with Gasteiger partial charge in [-0.1, -0.05) is 19.1 Å². The van der Waals surface area contributed by atoms with Crippen LogP contribution in [0, 0.1) is 0 Å². The molecule has 0 fully saturated rings. The normalized spacial score (nSPS) is 17.0. The van der Waals surface area contributed by atoms with Gasteiger partial charge in [0.1, 0.15) is 17.0 Å². The summed E-state index contributed by atoms with van der Waals surface area (Å²) in [5.41, 5.74) is 5.08. The van der Waals surface area contributed by atoms with Crippen LogP contribution in [0.5, 0.6) is 0 Å². The molecule has 5 rings (SSSR count). The van der Waals surface area contributed by atoms with Gasteiger partial charge in [-0.2, -0.15) is 4.73 Å². The van der Waals surface area contributed by atoms with Crippen LogP contribution in [0.2, 0.25) is 0 Å². The molecule has 1 aliphatic carbocycles. The zero-order valence-electron chi connectivity index (χ0n) is 16.3. The Morgan fingerprint density at radius 1 is 1.37 bits per heavy atom. The molecule has 3 aromatic heterocycles. The summed E-state index contributed by atoms with van der Waals surface area (Å²) in [5, 5.41) is 1.07. The Labute approximate surface area is 172 Å². The van der Waals surface area contributed by atoms with Crippen LogP contribution in [0.3, 0.4) is 0 Å². The maximum atomic E-state index is 12.5. The van der Waals surface area contributed by atoms with Gasteiger partial charge >= 0.3 is 5.97 Å². The van der Waals surface area contributed by atoms with Crippen molar-refractivity contribution in [2.24, 2.45) is 0 Å². The van der Waals surface area contributed by atoms with Crippen molar-refractivity contribution in [1.29, 1.82) is 0 Å². The van der Waals surface area contributed by atoms with E-state index in [1.54, 1.807) is 18.6 Å². The SMILES string of the molecule is CCC1=C(C(=O)On2cc3c(c2)CC(=Cc2c[nH]c4ncccc24)C=C3)C(=O)CO1. The highest BCUT2D eigenvalue weighted by Gasteiger charge is 2.31. The summed E-state index contributed by atoms with van der Waals surface area (Å²) in [7, 11) is 0. The smallest absolute Gasteiger partial charge is 0.370 e. The highest BCUT2D eigenvalue weighted by atomic mass is 16.7. The van der Waals surface area contributed by atoms with Gasteiger partial charge in [-0.3, -0.25) is 4.79 Å². The molecule has 150 valence electrons. The van der Waals surface area contributed by atoms with E-state index in [1.165, 1.54) is 4.73 Å². The molecular formula is C23H19N3O4. The van der Waals surface area contributed by atoms with Crippen LogP contribution in [0.15, 0.2) is 59.9 Å². The number of allylic oxidation sites excluding steroid dienone is 3. The van der Waals surface area contributed by atoms with E-state index in [0.29, 0.717) is 18.6 Å². The Kier molecular flexibility index (Phi) is 4.35. The molecule has 0 aromatic carbocycles. The van der Waals surface area contributed by atoms with E-state index in [-0.39, 0.29) is 18.0 Å². The molecule has 0 radical (unpaired) electrons. The Hall–Kier alpha value is -3.87. The minimum Gasteiger partial charge on any atom is -0.489 e. The van der Waals surface area contributed by atoms with Crippen molar-refractivity contribution in [3.63, 3.8) is 0 Å². The number of Topliss-reactive ketones (excluding diaryl/α,β-unsaturated/α-hetero) is 1. The predicted octanol–water partition coefficient (Wildman–Crippen LogP) is 3.24. The van der Waals surface area contributed by atoms with Gasteiger partial charge in [0.25, 0.3) is 0 Å². The summed E-state index contributed by atoms with van der Waals surface area (Å²) < 4.78 is 6.62. The Bertz CT molecular complexity index is 1270. The van der Waals surface area contributed by atoms with Crippen LogP contribution in [-0.2, 0) is 20.7 Å². The molecule has 30 heavy (non-hydrogen) atoms. The molecule has 4 heterocycles. The van der Waals surface area contributed by atoms with Crippen molar-refractivity contribution < 1.29 is 19.2 Å². The summed E-state index contributed by atoms with van der Waals surface area (Å²) in [6.45, 7) is 1.73. The number of carbonyl (C=O) groups excluding carboxylic acids is 2. The number of nitrogens with one attached hydrogen (secondary N) is 1. The van der Waals surface area contributed by atoms with Crippen LogP contribution in [0.1, 0.15) is 30.0 Å². The van der Waals surface area contributed by atoms with Crippen LogP contribution in [0.4, 0.5) is 0 Å². The van der Waals surface area contributed by atoms with Gasteiger partial charge < -0.3 is 14.6 Å². The van der Waals surface area contributed by atoms with Gasteiger partial charge in [-0.05, 0) is 41.3 Å². The molecule has 1 aliphatic heterocycles. The van der Waals surface area contributed by atoms with Crippen molar-refractivity contribution >= 4 is 34.9 Å². The first-order chi connectivity index (χ1) is 14.6. The third-order valence-electron chi connectivity index (χ3n) is 5.26. The standard InChI is InChI=1S/C23H19N3O4/c1-2-20-21(19(27)13-29-20)23(28)30-26-11-15-6-5-14(9-17(15)12-26)8-16-10-25-22-18(16)4-3-7-24-22/h3-8,10-12H,2,9,13H2,1H3,(H,24,25). The van der Waals surface area contributed by atoms with E-state index >= 15 is 0 Å². The number of ether oxygens (including phenoxy) is 1. The molecule has 0 saturated heterocycles. The van der Waals surface area contributed by atoms with E-state index in [0.717, 1.165) is 33.3 Å². The molecule has 0 saturated carbocycles. The Balaban J connectivity index is 1.36. The van der Waals surface area contributed by atoms with E-state index < -0.39 is 5.97 Å². The molecule has 7 heteroatoms. The molecule has 0 amide bonds. The number of pyridine rings is 1. The van der Waals surface area contributed by atoms with Gasteiger partial charge in [-0.15, -0.1) is 0 Å². The fourth-order valence-corrected chi connectivity index (χ4v) is 3.81. The molecule has 3 aromatic rings. The van der Waals surface area contributed by atoms with Crippen molar-refractivity contribution in [3.8, 4) is 0 Å². The second kappa shape index (κ2) is 7.18. The van der Waals surface area contributed by atoms with E-state index in [4.69, 9.17) is 9.57 Å². The number of ketones is 1. The predicted molar refractivity (Wildman–Crippen MR) is 111 cm³/mol. The lowest BCUT2D eigenvalue weighted by Crippen LogP contribution is -2.24. The van der Waals surface area contributed by atoms with Gasteiger partial charge in [0.15, 0.2) is 6.61 Å². The first-order valence-electron chi connectivity index (χ1n) is 9.76. The molecule has 7 nitrogen and oxygen atoms in total. The molecular weight excluding hydrogens is 382 g/mol. The van der Waals surface area contributed by atoms with Crippen LogP contribution < -0.4 is 4.84 Å². The van der Waals surface area contributed by atoms with Crippen molar-refractivity contribution in [2.75, 3.05) is 6.61 Å². The molecule has 2 aliphatic rings. The number of hydrogen-bond donors (Lipinski definition) is 1.